The molecule has 9 heteroatoms. The third kappa shape index (κ3) is 5.19. The number of piperidine rings is 1. The predicted octanol–water partition coefficient (Wildman–Crippen LogP) is 5.03. The second-order valence-electron chi connectivity index (χ2n) is 9.18. The number of fused-ring (bicyclic) bond motifs is 1. The highest BCUT2D eigenvalue weighted by atomic mass is 19.1. The number of aromatic nitrogens is 1. The number of nitrogens with zero attached hydrogens (tertiary/aromatic N) is 3. The number of ether oxygens (including phenoxy) is 2. The molecule has 2 heterocycles. The number of halogens is 2. The number of pyridine rings is 1. The summed E-state index contributed by atoms with van der Waals surface area (Å²) in [6, 6.07) is 12.4. The Hall–Kier alpha value is -4.19. The lowest BCUT2D eigenvalue weighted by molar-refractivity contribution is 0.102. The second-order valence-corrected chi connectivity index (χ2v) is 9.18. The van der Waals surface area contributed by atoms with Crippen LogP contribution in [-0.4, -0.2) is 37.2 Å². The highest BCUT2D eigenvalue weighted by molar-refractivity contribution is 6.07. The number of anilines is 2. The third-order valence-corrected chi connectivity index (χ3v) is 6.80. The van der Waals surface area contributed by atoms with E-state index < -0.39 is 11.6 Å². The van der Waals surface area contributed by atoms with Gasteiger partial charge in [-0.15, -0.1) is 0 Å². The summed E-state index contributed by atoms with van der Waals surface area (Å²) in [6.07, 6.45) is 3.72. The van der Waals surface area contributed by atoms with Crippen molar-refractivity contribution in [3.8, 4) is 17.7 Å². The molecule has 2 aliphatic rings. The molecule has 0 radical (unpaired) electrons. The SMILES string of the molecule is COc1nc2c(cc1C(=O)Nc1cc(C#N)ccc1N1CCC(Oc3ccc(F)cc3F)CC1)CCC2. The Morgan fingerprint density at radius 3 is 2.68 bits per heavy atom. The summed E-state index contributed by atoms with van der Waals surface area (Å²) < 4.78 is 38.4. The fourth-order valence-electron chi connectivity index (χ4n) is 4.91. The van der Waals surface area contributed by atoms with Gasteiger partial charge < -0.3 is 19.7 Å². The summed E-state index contributed by atoms with van der Waals surface area (Å²) in [5, 5.41) is 12.4. The zero-order valence-electron chi connectivity index (χ0n) is 20.4. The molecule has 37 heavy (non-hydrogen) atoms. The molecule has 190 valence electrons. The van der Waals surface area contributed by atoms with Crippen LogP contribution in [0.5, 0.6) is 11.6 Å². The molecule has 0 atom stereocenters. The normalized spacial score (nSPS) is 15.1. The number of hydrogen-bond acceptors (Lipinski definition) is 6. The molecule has 1 N–H and O–H groups in total. The average Bonchev–Trinajstić information content (AvgIpc) is 3.37. The molecule has 5 rings (SSSR count). The van der Waals surface area contributed by atoms with Crippen LogP contribution in [-0.2, 0) is 12.8 Å². The van der Waals surface area contributed by atoms with E-state index in [2.05, 4.69) is 21.3 Å². The minimum Gasteiger partial charge on any atom is -0.487 e. The van der Waals surface area contributed by atoms with Crippen LogP contribution < -0.4 is 19.7 Å². The fraction of sp³-hybridized carbons (Fsp3) is 0.321. The van der Waals surface area contributed by atoms with Crippen molar-refractivity contribution >= 4 is 17.3 Å². The summed E-state index contributed by atoms with van der Waals surface area (Å²) in [5.41, 5.74) is 4.07. The van der Waals surface area contributed by atoms with E-state index in [1.54, 1.807) is 12.1 Å². The van der Waals surface area contributed by atoms with Crippen LogP contribution in [0.4, 0.5) is 20.2 Å². The van der Waals surface area contributed by atoms with Crippen molar-refractivity contribution in [3.63, 3.8) is 0 Å². The van der Waals surface area contributed by atoms with Crippen molar-refractivity contribution < 1.29 is 23.0 Å². The average molecular weight is 505 g/mol. The maximum atomic E-state index is 14.0. The van der Waals surface area contributed by atoms with Crippen LogP contribution in [0.2, 0.25) is 0 Å². The Kier molecular flexibility index (Phi) is 6.91. The Balaban J connectivity index is 1.33. The number of benzene rings is 2. The summed E-state index contributed by atoms with van der Waals surface area (Å²) in [4.78, 5) is 19.9. The first-order valence-corrected chi connectivity index (χ1v) is 12.2. The molecule has 0 spiro atoms. The van der Waals surface area contributed by atoms with Gasteiger partial charge in [0, 0.05) is 37.7 Å². The first-order chi connectivity index (χ1) is 17.9. The lowest BCUT2D eigenvalue weighted by atomic mass is 10.0. The van der Waals surface area contributed by atoms with Gasteiger partial charge in [0.25, 0.3) is 5.91 Å². The van der Waals surface area contributed by atoms with E-state index >= 15 is 0 Å². The molecule has 1 aliphatic heterocycles. The zero-order chi connectivity index (χ0) is 25.9. The number of carbonyl (C=O) groups excluding carboxylic acids is 1. The van der Waals surface area contributed by atoms with Crippen LogP contribution >= 0.6 is 0 Å². The molecular weight excluding hydrogens is 478 g/mol. The Morgan fingerprint density at radius 2 is 1.95 bits per heavy atom. The van der Waals surface area contributed by atoms with E-state index in [4.69, 9.17) is 9.47 Å². The number of nitrogens with one attached hydrogen (secondary N) is 1. The summed E-state index contributed by atoms with van der Waals surface area (Å²) >= 11 is 0. The molecule has 0 saturated carbocycles. The van der Waals surface area contributed by atoms with Gasteiger partial charge in [-0.25, -0.2) is 13.8 Å². The smallest absolute Gasteiger partial charge is 0.261 e. The topological polar surface area (TPSA) is 87.5 Å². The van der Waals surface area contributed by atoms with Crippen molar-refractivity contribution in [2.75, 3.05) is 30.4 Å². The molecule has 2 aromatic carbocycles. The Labute approximate surface area is 213 Å². The molecular formula is C28H26F2N4O3. The highest BCUT2D eigenvalue weighted by Gasteiger charge is 2.26. The molecule has 0 unspecified atom stereocenters. The maximum absolute atomic E-state index is 14.0. The van der Waals surface area contributed by atoms with Gasteiger partial charge in [-0.05, 0) is 61.2 Å². The summed E-state index contributed by atoms with van der Waals surface area (Å²) in [6.45, 7) is 1.18. The van der Waals surface area contributed by atoms with E-state index in [1.165, 1.54) is 19.2 Å². The van der Waals surface area contributed by atoms with E-state index in [9.17, 15) is 18.8 Å². The van der Waals surface area contributed by atoms with Crippen molar-refractivity contribution in [1.82, 2.24) is 4.98 Å². The van der Waals surface area contributed by atoms with E-state index in [1.807, 2.05) is 12.1 Å². The quantitative estimate of drug-likeness (QED) is 0.507. The molecule has 1 saturated heterocycles. The van der Waals surface area contributed by atoms with Crippen LogP contribution in [0, 0.1) is 23.0 Å². The molecule has 7 nitrogen and oxygen atoms in total. The largest absolute Gasteiger partial charge is 0.487 e. The van der Waals surface area contributed by atoms with Crippen LogP contribution in [0.15, 0.2) is 42.5 Å². The maximum Gasteiger partial charge on any atom is 0.261 e. The number of hydrogen-bond donors (Lipinski definition) is 1. The molecule has 1 aromatic heterocycles. The molecule has 1 amide bonds. The first-order valence-electron chi connectivity index (χ1n) is 12.2. The number of rotatable bonds is 6. The summed E-state index contributed by atoms with van der Waals surface area (Å²) in [5.74, 6) is -1.43. The van der Waals surface area contributed by atoms with E-state index in [0.717, 1.165) is 42.3 Å². The standard InChI is InChI=1S/C28H26F2N4O3/c1-36-28-21(14-18-3-2-4-23(18)33-28)27(35)32-24-13-17(16-31)5-7-25(24)34-11-9-20(10-12-34)37-26-8-6-19(29)15-22(26)30/h5-8,13-15,20H,2-4,9-12H2,1H3,(H,32,35). The number of aryl methyl sites for hydroxylation is 2. The number of nitriles is 1. The second kappa shape index (κ2) is 10.4. The van der Waals surface area contributed by atoms with Crippen molar-refractivity contribution in [3.05, 3.63) is 76.5 Å². The highest BCUT2D eigenvalue weighted by Crippen LogP contribution is 2.33. The molecule has 0 bridgehead atoms. The first kappa shape index (κ1) is 24.5. The third-order valence-electron chi connectivity index (χ3n) is 6.80. The van der Waals surface area contributed by atoms with Gasteiger partial charge in [-0.2, -0.15) is 5.26 Å². The molecule has 1 fully saturated rings. The van der Waals surface area contributed by atoms with E-state index in [-0.39, 0.29) is 23.6 Å². The lowest BCUT2D eigenvalue weighted by Gasteiger charge is -2.35. The van der Waals surface area contributed by atoms with Crippen molar-refractivity contribution in [1.29, 1.82) is 5.26 Å². The number of methoxy groups -OCH3 is 1. The number of carbonyl (C=O) groups is 1. The minimum absolute atomic E-state index is 0.0306. The Morgan fingerprint density at radius 1 is 1.14 bits per heavy atom. The fourth-order valence-corrected chi connectivity index (χ4v) is 4.91. The van der Waals surface area contributed by atoms with Crippen LogP contribution in [0.25, 0.3) is 0 Å². The van der Waals surface area contributed by atoms with Crippen LogP contribution in [0.1, 0.15) is 46.4 Å². The van der Waals surface area contributed by atoms with Crippen LogP contribution in [0.3, 0.4) is 0 Å². The summed E-state index contributed by atoms with van der Waals surface area (Å²) in [7, 11) is 1.49. The minimum atomic E-state index is -0.726. The lowest BCUT2D eigenvalue weighted by Crippen LogP contribution is -2.38. The van der Waals surface area contributed by atoms with Crippen molar-refractivity contribution in [2.45, 2.75) is 38.2 Å². The van der Waals surface area contributed by atoms with Gasteiger partial charge in [0.1, 0.15) is 17.5 Å². The van der Waals surface area contributed by atoms with Gasteiger partial charge in [0.05, 0.1) is 30.1 Å². The van der Waals surface area contributed by atoms with Gasteiger partial charge in [-0.3, -0.25) is 4.79 Å². The predicted molar refractivity (Wildman–Crippen MR) is 134 cm³/mol. The monoisotopic (exact) mass is 504 g/mol. The van der Waals surface area contributed by atoms with Gasteiger partial charge in [0.15, 0.2) is 11.6 Å². The van der Waals surface area contributed by atoms with Gasteiger partial charge in [0.2, 0.25) is 5.88 Å². The van der Waals surface area contributed by atoms with Gasteiger partial charge >= 0.3 is 0 Å². The molecule has 3 aromatic rings. The van der Waals surface area contributed by atoms with E-state index in [0.29, 0.717) is 42.7 Å². The van der Waals surface area contributed by atoms with Crippen molar-refractivity contribution in [2.24, 2.45) is 0 Å². The van der Waals surface area contributed by atoms with Gasteiger partial charge in [-0.1, -0.05) is 0 Å². The number of amides is 1. The zero-order valence-corrected chi connectivity index (χ0v) is 20.4. The Bertz CT molecular complexity index is 1380. The molecule has 1 aliphatic carbocycles.